The minimum absolute atomic E-state index is 0.00870. The number of fused-ring (bicyclic) bond motifs is 1. The number of ether oxygens (including phenoxy) is 1. The molecular weight excluding hydrogens is 388 g/mol. The van der Waals surface area contributed by atoms with Crippen LogP contribution in [0.25, 0.3) is 0 Å². The number of anilines is 1. The first kappa shape index (κ1) is 19.9. The molecule has 2 heterocycles. The van der Waals surface area contributed by atoms with Crippen LogP contribution in [0.5, 0.6) is 5.75 Å². The molecule has 1 fully saturated rings. The summed E-state index contributed by atoms with van der Waals surface area (Å²) in [5.41, 5.74) is 2.58. The van der Waals surface area contributed by atoms with Crippen LogP contribution in [0.4, 0.5) is 5.69 Å². The van der Waals surface area contributed by atoms with E-state index in [1.807, 2.05) is 24.3 Å². The Morgan fingerprint density at radius 2 is 1.79 bits per heavy atom. The lowest BCUT2D eigenvalue weighted by Crippen LogP contribution is -2.37. The summed E-state index contributed by atoms with van der Waals surface area (Å²) >= 11 is 0. The molecule has 2 aliphatic heterocycles. The zero-order chi connectivity index (χ0) is 20.4. The molecule has 0 saturated carbocycles. The summed E-state index contributed by atoms with van der Waals surface area (Å²) in [7, 11) is -1.86. The number of carbonyl (C=O) groups is 1. The number of carbonyl (C=O) groups excluding carboxylic acids is 1. The summed E-state index contributed by atoms with van der Waals surface area (Å²) in [5.74, 6) is 0.690. The minimum atomic E-state index is -3.45. The first-order valence-electron chi connectivity index (χ1n) is 10.1. The van der Waals surface area contributed by atoms with Crippen LogP contribution in [-0.2, 0) is 27.7 Å². The highest BCUT2D eigenvalue weighted by Gasteiger charge is 2.29. The third kappa shape index (κ3) is 3.89. The van der Waals surface area contributed by atoms with Gasteiger partial charge in [-0.05, 0) is 55.5 Å². The molecule has 2 aromatic rings. The van der Waals surface area contributed by atoms with Gasteiger partial charge in [0, 0.05) is 30.9 Å². The number of hydrogen-bond donors (Lipinski definition) is 0. The second-order valence-corrected chi connectivity index (χ2v) is 9.48. The summed E-state index contributed by atoms with van der Waals surface area (Å²) in [6.45, 7) is 1.81. The predicted octanol–water partition coefficient (Wildman–Crippen LogP) is 3.00. The van der Waals surface area contributed by atoms with Gasteiger partial charge in [0.1, 0.15) is 5.75 Å². The van der Waals surface area contributed by atoms with E-state index < -0.39 is 10.0 Å². The van der Waals surface area contributed by atoms with E-state index in [9.17, 15) is 13.2 Å². The normalized spacial score (nSPS) is 17.2. The molecule has 7 heteroatoms. The maximum absolute atomic E-state index is 13.0. The van der Waals surface area contributed by atoms with Crippen LogP contribution in [0.1, 0.15) is 30.4 Å². The van der Waals surface area contributed by atoms with Crippen molar-refractivity contribution in [1.82, 2.24) is 4.31 Å². The number of nitrogens with zero attached hydrogens (tertiary/aromatic N) is 2. The van der Waals surface area contributed by atoms with Crippen molar-refractivity contribution in [2.24, 2.45) is 0 Å². The molecule has 2 aliphatic rings. The van der Waals surface area contributed by atoms with Crippen LogP contribution in [-0.4, -0.2) is 45.4 Å². The fourth-order valence-corrected chi connectivity index (χ4v) is 5.75. The monoisotopic (exact) mass is 414 g/mol. The first-order valence-corrected chi connectivity index (χ1v) is 11.5. The van der Waals surface area contributed by atoms with Gasteiger partial charge >= 0.3 is 0 Å². The highest BCUT2D eigenvalue weighted by molar-refractivity contribution is 7.89. The van der Waals surface area contributed by atoms with Crippen LogP contribution < -0.4 is 9.64 Å². The molecule has 6 nitrogen and oxygen atoms in total. The Balaban J connectivity index is 1.59. The molecule has 0 spiro atoms. The SMILES string of the molecule is COc1ccccc1CC(=O)N1CCCc2cc(S(=O)(=O)N3CCCC3)ccc21. The fraction of sp³-hybridized carbons (Fsp3) is 0.409. The average Bonchev–Trinajstić information content (AvgIpc) is 3.29. The highest BCUT2D eigenvalue weighted by atomic mass is 32.2. The standard InChI is InChI=1S/C22H26N2O4S/c1-28-21-9-3-2-7-18(21)16-22(25)24-14-6-8-17-15-19(10-11-20(17)24)29(26,27)23-12-4-5-13-23/h2-3,7,9-11,15H,4-6,8,12-14,16H2,1H3. The van der Waals surface area contributed by atoms with Crippen molar-refractivity contribution in [2.75, 3.05) is 31.6 Å². The number of rotatable bonds is 5. The fourth-order valence-electron chi connectivity index (χ4n) is 4.18. The number of hydrogen-bond acceptors (Lipinski definition) is 4. The maximum atomic E-state index is 13.0. The van der Waals surface area contributed by atoms with Crippen molar-refractivity contribution < 1.29 is 17.9 Å². The Hall–Kier alpha value is -2.38. The number of amides is 1. The summed E-state index contributed by atoms with van der Waals surface area (Å²) < 4.78 is 32.7. The average molecular weight is 415 g/mol. The van der Waals surface area contributed by atoms with Gasteiger partial charge in [-0.15, -0.1) is 0 Å². The van der Waals surface area contributed by atoms with Crippen molar-refractivity contribution in [3.8, 4) is 5.75 Å². The van der Waals surface area contributed by atoms with E-state index in [1.54, 1.807) is 34.5 Å². The van der Waals surface area contributed by atoms with Crippen molar-refractivity contribution in [1.29, 1.82) is 0 Å². The number of benzene rings is 2. The summed E-state index contributed by atoms with van der Waals surface area (Å²) in [4.78, 5) is 15.1. The van der Waals surface area contributed by atoms with E-state index in [2.05, 4.69) is 0 Å². The first-order chi connectivity index (χ1) is 14.0. The molecule has 0 bridgehead atoms. The number of aryl methyl sites for hydroxylation is 1. The molecule has 0 radical (unpaired) electrons. The Bertz CT molecular complexity index is 1010. The second-order valence-electron chi connectivity index (χ2n) is 7.54. The molecule has 154 valence electrons. The second kappa shape index (κ2) is 8.16. The molecule has 29 heavy (non-hydrogen) atoms. The van der Waals surface area contributed by atoms with Gasteiger partial charge in [-0.3, -0.25) is 4.79 Å². The van der Waals surface area contributed by atoms with E-state index in [0.29, 0.717) is 30.3 Å². The Kier molecular flexibility index (Phi) is 5.61. The highest BCUT2D eigenvalue weighted by Crippen LogP contribution is 2.32. The van der Waals surface area contributed by atoms with Crippen molar-refractivity contribution in [2.45, 2.75) is 37.0 Å². The molecule has 0 N–H and O–H groups in total. The largest absolute Gasteiger partial charge is 0.496 e. The third-order valence-electron chi connectivity index (χ3n) is 5.71. The predicted molar refractivity (Wildman–Crippen MR) is 112 cm³/mol. The molecule has 1 amide bonds. The number of sulfonamides is 1. The number of methoxy groups -OCH3 is 1. The van der Waals surface area contributed by atoms with Crippen molar-refractivity contribution in [3.05, 3.63) is 53.6 Å². The Labute approximate surface area is 172 Å². The molecule has 0 unspecified atom stereocenters. The molecule has 1 saturated heterocycles. The van der Waals surface area contributed by atoms with Crippen LogP contribution in [0.15, 0.2) is 47.4 Å². The minimum Gasteiger partial charge on any atom is -0.496 e. The van der Waals surface area contributed by atoms with Crippen LogP contribution in [0.3, 0.4) is 0 Å². The van der Waals surface area contributed by atoms with Gasteiger partial charge < -0.3 is 9.64 Å². The summed E-state index contributed by atoms with van der Waals surface area (Å²) in [6.07, 6.45) is 3.66. The quantitative estimate of drug-likeness (QED) is 0.754. The van der Waals surface area contributed by atoms with E-state index in [1.165, 1.54) is 0 Å². The molecular formula is C22H26N2O4S. The molecule has 0 atom stereocenters. The van der Waals surface area contributed by atoms with Crippen molar-refractivity contribution in [3.63, 3.8) is 0 Å². The van der Waals surface area contributed by atoms with Gasteiger partial charge in [0.05, 0.1) is 18.4 Å². The molecule has 4 rings (SSSR count). The van der Waals surface area contributed by atoms with Crippen LogP contribution in [0.2, 0.25) is 0 Å². The van der Waals surface area contributed by atoms with E-state index >= 15 is 0 Å². The number of para-hydroxylation sites is 1. The zero-order valence-corrected chi connectivity index (χ0v) is 17.5. The maximum Gasteiger partial charge on any atom is 0.243 e. The summed E-state index contributed by atoms with van der Waals surface area (Å²) in [5, 5.41) is 0. The summed E-state index contributed by atoms with van der Waals surface area (Å²) in [6, 6.07) is 12.7. The smallest absolute Gasteiger partial charge is 0.243 e. The Morgan fingerprint density at radius 3 is 2.55 bits per heavy atom. The van der Waals surface area contributed by atoms with Gasteiger partial charge in [-0.1, -0.05) is 18.2 Å². The Morgan fingerprint density at radius 1 is 1.03 bits per heavy atom. The molecule has 0 aliphatic carbocycles. The van der Waals surface area contributed by atoms with E-state index in [4.69, 9.17) is 4.74 Å². The van der Waals surface area contributed by atoms with Crippen LogP contribution >= 0.6 is 0 Å². The lowest BCUT2D eigenvalue weighted by molar-refractivity contribution is -0.118. The lowest BCUT2D eigenvalue weighted by Gasteiger charge is -2.30. The van der Waals surface area contributed by atoms with Gasteiger partial charge in [-0.25, -0.2) is 8.42 Å². The molecule has 2 aromatic carbocycles. The lowest BCUT2D eigenvalue weighted by atomic mass is 10.0. The van der Waals surface area contributed by atoms with E-state index in [-0.39, 0.29) is 12.3 Å². The molecule has 0 aromatic heterocycles. The van der Waals surface area contributed by atoms with Gasteiger partial charge in [0.25, 0.3) is 0 Å². The van der Waals surface area contributed by atoms with Gasteiger partial charge in [0.2, 0.25) is 15.9 Å². The topological polar surface area (TPSA) is 66.9 Å². The van der Waals surface area contributed by atoms with Gasteiger partial charge in [0.15, 0.2) is 0 Å². The van der Waals surface area contributed by atoms with Crippen LogP contribution in [0, 0.1) is 0 Å². The van der Waals surface area contributed by atoms with E-state index in [0.717, 1.165) is 42.5 Å². The third-order valence-corrected chi connectivity index (χ3v) is 7.60. The zero-order valence-electron chi connectivity index (χ0n) is 16.6. The van der Waals surface area contributed by atoms with Crippen molar-refractivity contribution >= 4 is 21.6 Å². The van der Waals surface area contributed by atoms with Gasteiger partial charge in [-0.2, -0.15) is 4.31 Å².